The van der Waals surface area contributed by atoms with Crippen LogP contribution in [0.3, 0.4) is 0 Å². The lowest BCUT2D eigenvalue weighted by atomic mass is 9.91. The van der Waals surface area contributed by atoms with E-state index in [0.717, 1.165) is 12.8 Å². The van der Waals surface area contributed by atoms with Crippen LogP contribution in [-0.2, 0) is 4.74 Å². The van der Waals surface area contributed by atoms with Crippen LogP contribution in [-0.4, -0.2) is 34.5 Å². The van der Waals surface area contributed by atoms with Gasteiger partial charge in [0.15, 0.2) is 0 Å². The highest BCUT2D eigenvalue weighted by molar-refractivity contribution is 5.88. The van der Waals surface area contributed by atoms with Crippen molar-refractivity contribution in [2.45, 2.75) is 18.8 Å². The van der Waals surface area contributed by atoms with E-state index in [1.807, 2.05) is 0 Å². The summed E-state index contributed by atoms with van der Waals surface area (Å²) in [5.41, 5.74) is 6.40. The number of carboxylic acid groups (broad SMARTS) is 1. The van der Waals surface area contributed by atoms with Gasteiger partial charge in [-0.3, -0.25) is 5.10 Å². The van der Waals surface area contributed by atoms with Gasteiger partial charge >= 0.3 is 5.97 Å². The number of nitrogens with one attached hydrogen (secondary N) is 1. The Morgan fingerprint density at radius 2 is 2.20 bits per heavy atom. The number of hydrogen-bond acceptors (Lipinski definition) is 4. The molecule has 2 rings (SSSR count). The molecule has 0 aliphatic carbocycles. The van der Waals surface area contributed by atoms with Crippen molar-refractivity contribution in [1.29, 1.82) is 0 Å². The molecule has 1 saturated heterocycles. The van der Waals surface area contributed by atoms with Gasteiger partial charge in [-0.1, -0.05) is 0 Å². The quantitative estimate of drug-likeness (QED) is 0.664. The first-order valence-corrected chi connectivity index (χ1v) is 4.85. The molecule has 1 aliphatic rings. The molecule has 1 fully saturated rings. The fourth-order valence-electron chi connectivity index (χ4n) is 1.93. The Morgan fingerprint density at radius 1 is 1.53 bits per heavy atom. The second-order valence-electron chi connectivity index (χ2n) is 3.59. The highest BCUT2D eigenvalue weighted by atomic mass is 16.5. The van der Waals surface area contributed by atoms with E-state index in [2.05, 4.69) is 10.2 Å². The fourth-order valence-corrected chi connectivity index (χ4v) is 1.93. The van der Waals surface area contributed by atoms with Crippen molar-refractivity contribution in [1.82, 2.24) is 10.2 Å². The van der Waals surface area contributed by atoms with Crippen molar-refractivity contribution in [3.63, 3.8) is 0 Å². The summed E-state index contributed by atoms with van der Waals surface area (Å²) in [7, 11) is 0. The average molecular weight is 211 g/mol. The number of aromatic amines is 1. The molecule has 0 spiro atoms. The van der Waals surface area contributed by atoms with Gasteiger partial charge in [0.2, 0.25) is 0 Å². The summed E-state index contributed by atoms with van der Waals surface area (Å²) in [6.45, 7) is 1.29. The van der Waals surface area contributed by atoms with Crippen molar-refractivity contribution in [3.8, 4) is 0 Å². The van der Waals surface area contributed by atoms with Crippen LogP contribution in [0.1, 0.15) is 34.8 Å². The predicted molar refractivity (Wildman–Crippen MR) is 52.8 cm³/mol. The third-order valence-corrected chi connectivity index (χ3v) is 2.68. The molecule has 2 heterocycles. The maximum absolute atomic E-state index is 10.9. The number of nitrogens with two attached hydrogens (primary N) is 1. The zero-order valence-corrected chi connectivity index (χ0v) is 8.19. The van der Waals surface area contributed by atoms with Crippen LogP contribution in [0, 0.1) is 0 Å². The van der Waals surface area contributed by atoms with Gasteiger partial charge in [0.25, 0.3) is 0 Å². The fraction of sp³-hybridized carbons (Fsp3) is 0.556. The number of carbonyl (C=O) groups is 1. The van der Waals surface area contributed by atoms with E-state index in [1.165, 1.54) is 0 Å². The molecule has 82 valence electrons. The van der Waals surface area contributed by atoms with E-state index >= 15 is 0 Å². The normalized spacial score (nSPS) is 17.9. The predicted octanol–water partition coefficient (Wildman–Crippen LogP) is 0.584. The number of aromatic carboxylic acids is 1. The summed E-state index contributed by atoms with van der Waals surface area (Å²) in [5, 5.41) is 15.2. The molecule has 1 aromatic heterocycles. The molecule has 6 nitrogen and oxygen atoms in total. The highest BCUT2D eigenvalue weighted by Crippen LogP contribution is 2.32. The minimum absolute atomic E-state index is 0.111. The summed E-state index contributed by atoms with van der Waals surface area (Å²) in [4.78, 5) is 10.9. The molecule has 4 N–H and O–H groups in total. The van der Waals surface area contributed by atoms with Crippen molar-refractivity contribution in [2.24, 2.45) is 0 Å². The monoisotopic (exact) mass is 211 g/mol. The molecule has 1 aliphatic heterocycles. The van der Waals surface area contributed by atoms with Crippen LogP contribution >= 0.6 is 0 Å². The number of rotatable bonds is 2. The minimum atomic E-state index is -1.01. The van der Waals surface area contributed by atoms with Crippen molar-refractivity contribution >= 4 is 11.8 Å². The number of carboxylic acids is 1. The Morgan fingerprint density at radius 3 is 2.80 bits per heavy atom. The third kappa shape index (κ3) is 1.80. The lowest BCUT2D eigenvalue weighted by molar-refractivity contribution is 0.0679. The van der Waals surface area contributed by atoms with E-state index in [-0.39, 0.29) is 11.6 Å². The van der Waals surface area contributed by atoms with Gasteiger partial charge in [-0.05, 0) is 18.8 Å². The van der Waals surface area contributed by atoms with Crippen molar-refractivity contribution in [3.05, 3.63) is 11.3 Å². The molecule has 0 aromatic carbocycles. The van der Waals surface area contributed by atoms with Gasteiger partial charge in [-0.25, -0.2) is 4.79 Å². The molecular formula is C9H13N3O3. The summed E-state index contributed by atoms with van der Waals surface area (Å²) in [6.07, 6.45) is 1.59. The zero-order chi connectivity index (χ0) is 10.8. The SMILES string of the molecule is Nc1n[nH]c(C(=O)O)c1C1CCOCC1. The summed E-state index contributed by atoms with van der Waals surface area (Å²) in [6, 6.07) is 0. The smallest absolute Gasteiger partial charge is 0.354 e. The number of nitrogen functional groups attached to an aromatic ring is 1. The number of ether oxygens (including phenoxy) is 1. The molecule has 0 bridgehead atoms. The number of aromatic nitrogens is 2. The average Bonchev–Trinajstić information content (AvgIpc) is 2.61. The topological polar surface area (TPSA) is 101 Å². The Bertz CT molecular complexity index is 369. The number of nitrogens with zero attached hydrogens (tertiary/aromatic N) is 1. The van der Waals surface area contributed by atoms with Gasteiger partial charge in [-0.2, -0.15) is 5.10 Å². The van der Waals surface area contributed by atoms with Gasteiger partial charge in [-0.15, -0.1) is 0 Å². The maximum atomic E-state index is 10.9. The Labute approximate surface area is 86.4 Å². The van der Waals surface area contributed by atoms with E-state index in [9.17, 15) is 4.79 Å². The number of hydrogen-bond donors (Lipinski definition) is 3. The molecule has 0 amide bonds. The largest absolute Gasteiger partial charge is 0.477 e. The molecule has 0 radical (unpaired) electrons. The first-order chi connectivity index (χ1) is 7.20. The summed E-state index contributed by atoms with van der Waals surface area (Å²) in [5.74, 6) is -0.580. The summed E-state index contributed by atoms with van der Waals surface area (Å²) < 4.78 is 5.22. The van der Waals surface area contributed by atoms with Gasteiger partial charge in [0.05, 0.1) is 0 Å². The molecule has 0 atom stereocenters. The number of anilines is 1. The second-order valence-corrected chi connectivity index (χ2v) is 3.59. The molecule has 0 saturated carbocycles. The summed E-state index contributed by atoms with van der Waals surface area (Å²) >= 11 is 0. The van der Waals surface area contributed by atoms with Crippen LogP contribution in [0.4, 0.5) is 5.82 Å². The molecule has 1 aromatic rings. The van der Waals surface area contributed by atoms with Crippen LogP contribution in [0.15, 0.2) is 0 Å². The Hall–Kier alpha value is -1.56. The first-order valence-electron chi connectivity index (χ1n) is 4.85. The second kappa shape index (κ2) is 3.90. The van der Waals surface area contributed by atoms with E-state index in [4.69, 9.17) is 15.6 Å². The van der Waals surface area contributed by atoms with Crippen LogP contribution in [0.2, 0.25) is 0 Å². The van der Waals surface area contributed by atoms with Crippen molar-refractivity contribution < 1.29 is 14.6 Å². The minimum Gasteiger partial charge on any atom is -0.477 e. The highest BCUT2D eigenvalue weighted by Gasteiger charge is 2.26. The molecule has 6 heteroatoms. The van der Waals surface area contributed by atoms with E-state index in [0.29, 0.717) is 24.6 Å². The van der Waals surface area contributed by atoms with Crippen LogP contribution in [0.5, 0.6) is 0 Å². The Balaban J connectivity index is 2.32. The lowest BCUT2D eigenvalue weighted by Crippen LogP contribution is -2.17. The maximum Gasteiger partial charge on any atom is 0.354 e. The molecular weight excluding hydrogens is 198 g/mol. The van der Waals surface area contributed by atoms with E-state index in [1.54, 1.807) is 0 Å². The first kappa shape index (κ1) is 9.97. The van der Waals surface area contributed by atoms with Crippen LogP contribution < -0.4 is 5.73 Å². The molecule has 0 unspecified atom stereocenters. The van der Waals surface area contributed by atoms with E-state index < -0.39 is 5.97 Å². The van der Waals surface area contributed by atoms with Crippen molar-refractivity contribution in [2.75, 3.05) is 18.9 Å². The standard InChI is InChI=1S/C9H13N3O3/c10-8-6(5-1-3-15-4-2-5)7(9(13)14)11-12-8/h5H,1-4H2,(H,13,14)(H3,10,11,12). The zero-order valence-electron chi connectivity index (χ0n) is 8.19. The van der Waals surface area contributed by atoms with Crippen LogP contribution in [0.25, 0.3) is 0 Å². The van der Waals surface area contributed by atoms with Gasteiger partial charge in [0.1, 0.15) is 11.5 Å². The Kier molecular flexibility index (Phi) is 2.59. The lowest BCUT2D eigenvalue weighted by Gasteiger charge is -2.21. The number of H-pyrrole nitrogens is 1. The molecule has 15 heavy (non-hydrogen) atoms. The van der Waals surface area contributed by atoms with Gasteiger partial charge in [0, 0.05) is 18.8 Å². The third-order valence-electron chi connectivity index (χ3n) is 2.68. The van der Waals surface area contributed by atoms with Gasteiger partial charge < -0.3 is 15.6 Å².